The maximum Gasteiger partial charge on any atom is 0.160 e. The Morgan fingerprint density at radius 3 is 1.27 bits per heavy atom. The maximum absolute atomic E-state index is 6.04. The predicted molar refractivity (Wildman–Crippen MR) is 122 cm³/mol. The Bertz CT molecular complexity index is 294. The van der Waals surface area contributed by atoms with Crippen LogP contribution in [-0.2, 0) is 28.4 Å². The van der Waals surface area contributed by atoms with Crippen molar-refractivity contribution in [1.82, 2.24) is 0 Å². The monoisotopic (exact) mass is 434 g/mol. The van der Waals surface area contributed by atoms with Gasteiger partial charge in [-0.15, -0.1) is 0 Å². The van der Waals surface area contributed by atoms with Crippen LogP contribution < -0.4 is 0 Å². The summed E-state index contributed by atoms with van der Waals surface area (Å²) in [4.78, 5) is 0. The first kappa shape index (κ1) is 29.8. The third-order valence-electron chi connectivity index (χ3n) is 4.89. The Balaban J connectivity index is 3.97. The maximum atomic E-state index is 6.04. The summed E-state index contributed by atoms with van der Waals surface area (Å²) in [6.07, 6.45) is 8.87. The third kappa shape index (κ3) is 19.7. The fourth-order valence-corrected chi connectivity index (χ4v) is 2.90. The van der Waals surface area contributed by atoms with Crippen LogP contribution >= 0.6 is 0 Å². The van der Waals surface area contributed by atoms with E-state index in [4.69, 9.17) is 28.4 Å². The van der Waals surface area contributed by atoms with Crippen LogP contribution in [0.4, 0.5) is 0 Å². The molecule has 0 saturated carbocycles. The SMILES string of the molecule is CCCCOCCOCCOC(OCCOCCOCCCC)C(CC)CCCC. The summed E-state index contributed by atoms with van der Waals surface area (Å²) in [7, 11) is 0. The first-order chi connectivity index (χ1) is 14.8. The van der Waals surface area contributed by atoms with Crippen molar-refractivity contribution in [2.45, 2.75) is 85.4 Å². The van der Waals surface area contributed by atoms with Crippen LogP contribution in [0, 0.1) is 5.92 Å². The molecular formula is C24H50O6. The summed E-state index contributed by atoms with van der Waals surface area (Å²) in [6, 6.07) is 0. The van der Waals surface area contributed by atoms with Crippen molar-refractivity contribution in [1.29, 1.82) is 0 Å². The highest BCUT2D eigenvalue weighted by Gasteiger charge is 2.21. The molecule has 0 saturated heterocycles. The average molecular weight is 435 g/mol. The second-order valence-corrected chi connectivity index (χ2v) is 7.58. The number of hydrogen-bond donors (Lipinski definition) is 0. The molecule has 182 valence electrons. The van der Waals surface area contributed by atoms with E-state index in [2.05, 4.69) is 27.7 Å². The largest absolute Gasteiger partial charge is 0.379 e. The topological polar surface area (TPSA) is 55.4 Å². The molecular weight excluding hydrogens is 384 g/mol. The normalized spacial score (nSPS) is 12.7. The molecule has 1 atom stereocenters. The lowest BCUT2D eigenvalue weighted by Gasteiger charge is -2.26. The summed E-state index contributed by atoms with van der Waals surface area (Å²) in [6.45, 7) is 15.1. The Hall–Kier alpha value is -0.240. The van der Waals surface area contributed by atoms with Gasteiger partial charge in [0.2, 0.25) is 0 Å². The first-order valence-corrected chi connectivity index (χ1v) is 12.3. The van der Waals surface area contributed by atoms with Crippen molar-refractivity contribution >= 4 is 0 Å². The highest BCUT2D eigenvalue weighted by Crippen LogP contribution is 2.20. The van der Waals surface area contributed by atoms with Gasteiger partial charge in [-0.1, -0.05) is 53.4 Å². The zero-order valence-corrected chi connectivity index (χ0v) is 20.3. The van der Waals surface area contributed by atoms with Gasteiger partial charge in [0.25, 0.3) is 0 Å². The molecule has 0 fully saturated rings. The van der Waals surface area contributed by atoms with Crippen LogP contribution in [0.3, 0.4) is 0 Å². The Morgan fingerprint density at radius 2 is 0.867 bits per heavy atom. The van der Waals surface area contributed by atoms with E-state index in [0.717, 1.165) is 51.7 Å². The van der Waals surface area contributed by atoms with Crippen LogP contribution in [0.5, 0.6) is 0 Å². The van der Waals surface area contributed by atoms with Gasteiger partial charge in [-0.05, 0) is 25.7 Å². The average Bonchev–Trinajstić information content (AvgIpc) is 2.76. The molecule has 1 unspecified atom stereocenters. The zero-order chi connectivity index (χ0) is 22.1. The van der Waals surface area contributed by atoms with Crippen LogP contribution in [0.25, 0.3) is 0 Å². The van der Waals surface area contributed by atoms with Gasteiger partial charge in [0, 0.05) is 19.1 Å². The fraction of sp³-hybridized carbons (Fsp3) is 1.00. The number of hydrogen-bond acceptors (Lipinski definition) is 6. The van der Waals surface area contributed by atoms with Gasteiger partial charge in [0.1, 0.15) is 0 Å². The molecule has 0 aliphatic carbocycles. The van der Waals surface area contributed by atoms with Crippen LogP contribution in [0.1, 0.15) is 79.1 Å². The van der Waals surface area contributed by atoms with Gasteiger partial charge in [-0.3, -0.25) is 0 Å². The molecule has 0 amide bonds. The lowest BCUT2D eigenvalue weighted by molar-refractivity contribution is -0.187. The first-order valence-electron chi connectivity index (χ1n) is 12.3. The summed E-state index contributed by atoms with van der Waals surface area (Å²) in [5.74, 6) is 0.403. The minimum atomic E-state index is -0.199. The van der Waals surface area contributed by atoms with Gasteiger partial charge in [0.05, 0.1) is 52.9 Å². The van der Waals surface area contributed by atoms with Crippen molar-refractivity contribution in [3.63, 3.8) is 0 Å². The molecule has 0 aliphatic rings. The van der Waals surface area contributed by atoms with Crippen LogP contribution in [0.2, 0.25) is 0 Å². The second kappa shape index (κ2) is 25.0. The number of rotatable bonds is 25. The molecule has 0 bridgehead atoms. The van der Waals surface area contributed by atoms with Gasteiger partial charge in [-0.25, -0.2) is 0 Å². The quantitative estimate of drug-likeness (QED) is 0.145. The van der Waals surface area contributed by atoms with E-state index in [1.54, 1.807) is 0 Å². The van der Waals surface area contributed by atoms with Crippen molar-refractivity contribution < 1.29 is 28.4 Å². The Labute approximate surface area is 186 Å². The molecule has 0 aromatic rings. The van der Waals surface area contributed by atoms with Crippen LogP contribution in [0.15, 0.2) is 0 Å². The van der Waals surface area contributed by atoms with E-state index in [9.17, 15) is 0 Å². The van der Waals surface area contributed by atoms with Crippen molar-refractivity contribution in [3.05, 3.63) is 0 Å². The highest BCUT2D eigenvalue weighted by molar-refractivity contribution is 4.62. The van der Waals surface area contributed by atoms with Gasteiger partial charge < -0.3 is 28.4 Å². The van der Waals surface area contributed by atoms with Crippen molar-refractivity contribution in [2.75, 3.05) is 66.1 Å². The molecule has 0 aromatic carbocycles. The molecule has 30 heavy (non-hydrogen) atoms. The van der Waals surface area contributed by atoms with E-state index < -0.39 is 0 Å². The lowest BCUT2D eigenvalue weighted by Crippen LogP contribution is -2.30. The summed E-state index contributed by atoms with van der Waals surface area (Å²) in [5, 5.41) is 0. The zero-order valence-electron chi connectivity index (χ0n) is 20.3. The highest BCUT2D eigenvalue weighted by atomic mass is 16.7. The molecule has 0 heterocycles. The van der Waals surface area contributed by atoms with E-state index >= 15 is 0 Å². The molecule has 0 N–H and O–H groups in total. The van der Waals surface area contributed by atoms with Gasteiger partial charge >= 0.3 is 0 Å². The standard InChI is InChI=1S/C24H50O6/c1-5-9-12-23(8-4)24(29-21-19-27-17-15-25-13-10-6-2)30-22-20-28-18-16-26-14-11-7-3/h23-24H,5-22H2,1-4H3. The lowest BCUT2D eigenvalue weighted by atomic mass is 9.99. The molecule has 0 radical (unpaired) electrons. The number of unbranched alkanes of at least 4 members (excludes halogenated alkanes) is 3. The molecule has 0 rings (SSSR count). The molecule has 0 aliphatic heterocycles. The fourth-order valence-electron chi connectivity index (χ4n) is 2.90. The van der Waals surface area contributed by atoms with Gasteiger partial charge in [0.15, 0.2) is 6.29 Å². The minimum Gasteiger partial charge on any atom is -0.379 e. The Kier molecular flexibility index (Phi) is 24.8. The third-order valence-corrected chi connectivity index (χ3v) is 4.89. The summed E-state index contributed by atoms with van der Waals surface area (Å²) in [5.41, 5.74) is 0. The smallest absolute Gasteiger partial charge is 0.160 e. The van der Waals surface area contributed by atoms with Crippen LogP contribution in [-0.4, -0.2) is 72.4 Å². The van der Waals surface area contributed by atoms with E-state index in [1.807, 2.05) is 0 Å². The van der Waals surface area contributed by atoms with Crippen molar-refractivity contribution in [3.8, 4) is 0 Å². The van der Waals surface area contributed by atoms with Gasteiger partial charge in [-0.2, -0.15) is 0 Å². The molecule has 0 spiro atoms. The van der Waals surface area contributed by atoms with Crippen molar-refractivity contribution in [2.24, 2.45) is 5.92 Å². The summed E-state index contributed by atoms with van der Waals surface area (Å²) >= 11 is 0. The second-order valence-electron chi connectivity index (χ2n) is 7.58. The Morgan fingerprint density at radius 1 is 0.467 bits per heavy atom. The molecule has 0 aromatic heterocycles. The minimum absolute atomic E-state index is 0.199. The summed E-state index contributed by atoms with van der Waals surface area (Å²) < 4.78 is 34.3. The number of ether oxygens (including phenoxy) is 6. The van der Waals surface area contributed by atoms with E-state index in [0.29, 0.717) is 58.8 Å². The molecule has 6 nitrogen and oxygen atoms in total. The molecule has 6 heteroatoms. The van der Waals surface area contributed by atoms with E-state index in [1.165, 1.54) is 12.8 Å². The van der Waals surface area contributed by atoms with E-state index in [-0.39, 0.29) is 6.29 Å². The predicted octanol–water partition coefficient (Wildman–Crippen LogP) is 5.23.